The minimum absolute atomic E-state index is 0.132. The number of phenolic OH excluding ortho intramolecular Hbond substituents is 1. The van der Waals surface area contributed by atoms with Crippen molar-refractivity contribution in [1.29, 1.82) is 0 Å². The van der Waals surface area contributed by atoms with Gasteiger partial charge in [-0.25, -0.2) is 5.43 Å². The molecule has 1 heterocycles. The van der Waals surface area contributed by atoms with Gasteiger partial charge in [-0.1, -0.05) is 35.9 Å². The molecule has 7 nitrogen and oxygen atoms in total. The van der Waals surface area contributed by atoms with E-state index < -0.39 is 5.91 Å². The van der Waals surface area contributed by atoms with Crippen molar-refractivity contribution in [3.05, 3.63) is 101 Å². The molecule has 0 aliphatic rings. The van der Waals surface area contributed by atoms with Crippen LogP contribution in [0.15, 0.2) is 84.0 Å². The fourth-order valence-corrected chi connectivity index (χ4v) is 3.17. The average molecular weight is 461 g/mol. The summed E-state index contributed by atoms with van der Waals surface area (Å²) in [5, 5.41) is 21.3. The number of rotatable bonds is 7. The Kier molecular flexibility index (Phi) is 6.71. The van der Waals surface area contributed by atoms with Crippen LogP contribution in [-0.4, -0.2) is 26.9 Å². The summed E-state index contributed by atoms with van der Waals surface area (Å²) in [6.07, 6.45) is 0. The smallest absolute Gasteiger partial charge is 0.289 e. The maximum absolute atomic E-state index is 12.4. The molecule has 4 aromatic rings. The summed E-state index contributed by atoms with van der Waals surface area (Å²) >= 11 is 5.90. The van der Waals surface area contributed by atoms with Crippen LogP contribution >= 0.6 is 11.6 Å². The predicted octanol–water partition coefficient (Wildman–Crippen LogP) is 5.17. The third kappa shape index (κ3) is 5.78. The number of ether oxygens (including phenoxy) is 1. The molecule has 0 radical (unpaired) electrons. The van der Waals surface area contributed by atoms with Crippen molar-refractivity contribution >= 4 is 23.2 Å². The molecule has 8 heteroatoms. The molecule has 0 saturated carbocycles. The number of hydrogen-bond donors (Lipinski definition) is 3. The Labute approximate surface area is 195 Å². The predicted molar refractivity (Wildman–Crippen MR) is 128 cm³/mol. The molecule has 1 amide bonds. The van der Waals surface area contributed by atoms with E-state index in [2.05, 4.69) is 20.7 Å². The number of aromatic hydroxyl groups is 1. The summed E-state index contributed by atoms with van der Waals surface area (Å²) in [6, 6.07) is 23.2. The van der Waals surface area contributed by atoms with E-state index in [0.29, 0.717) is 28.6 Å². The lowest BCUT2D eigenvalue weighted by Gasteiger charge is -2.07. The van der Waals surface area contributed by atoms with Crippen LogP contribution in [0.4, 0.5) is 0 Å². The van der Waals surface area contributed by atoms with Crippen LogP contribution in [0.5, 0.6) is 11.5 Å². The van der Waals surface area contributed by atoms with Gasteiger partial charge in [-0.2, -0.15) is 10.2 Å². The zero-order valence-corrected chi connectivity index (χ0v) is 18.5. The molecule has 0 aliphatic heterocycles. The Hall–Kier alpha value is -4.10. The molecule has 1 aromatic heterocycles. The Morgan fingerprint density at radius 1 is 1.09 bits per heavy atom. The molecular weight excluding hydrogens is 440 g/mol. The van der Waals surface area contributed by atoms with Crippen LogP contribution in [0.3, 0.4) is 0 Å². The molecule has 0 spiro atoms. The van der Waals surface area contributed by atoms with Gasteiger partial charge in [-0.15, -0.1) is 0 Å². The first kappa shape index (κ1) is 22.1. The van der Waals surface area contributed by atoms with E-state index in [9.17, 15) is 9.90 Å². The van der Waals surface area contributed by atoms with Crippen molar-refractivity contribution in [2.75, 3.05) is 0 Å². The van der Waals surface area contributed by atoms with Gasteiger partial charge < -0.3 is 9.84 Å². The molecule has 3 N–H and O–H groups in total. The highest BCUT2D eigenvalue weighted by Crippen LogP contribution is 2.22. The third-order valence-corrected chi connectivity index (χ3v) is 5.13. The van der Waals surface area contributed by atoms with E-state index in [-0.39, 0.29) is 11.4 Å². The molecule has 33 heavy (non-hydrogen) atoms. The summed E-state index contributed by atoms with van der Waals surface area (Å²) in [5.74, 6) is 0.433. The van der Waals surface area contributed by atoms with Gasteiger partial charge in [0, 0.05) is 16.1 Å². The van der Waals surface area contributed by atoms with E-state index in [4.69, 9.17) is 16.3 Å². The molecule has 0 aliphatic carbocycles. The van der Waals surface area contributed by atoms with E-state index >= 15 is 0 Å². The molecule has 4 rings (SSSR count). The zero-order chi connectivity index (χ0) is 23.2. The van der Waals surface area contributed by atoms with Crippen molar-refractivity contribution in [2.45, 2.75) is 13.5 Å². The summed E-state index contributed by atoms with van der Waals surface area (Å²) < 4.78 is 5.80. The van der Waals surface area contributed by atoms with Gasteiger partial charge in [0.25, 0.3) is 5.91 Å². The number of hydrogen-bond acceptors (Lipinski definition) is 5. The number of carbonyl (C=O) groups excluding carboxylic acids is 1. The number of hydrazone groups is 1. The number of aromatic amines is 1. The van der Waals surface area contributed by atoms with Gasteiger partial charge >= 0.3 is 0 Å². The quantitative estimate of drug-likeness (QED) is 0.261. The van der Waals surface area contributed by atoms with Crippen molar-refractivity contribution < 1.29 is 14.6 Å². The molecular formula is C25H21ClN4O3. The second kappa shape index (κ2) is 10.0. The van der Waals surface area contributed by atoms with E-state index in [1.54, 1.807) is 37.3 Å². The van der Waals surface area contributed by atoms with Gasteiger partial charge in [0.1, 0.15) is 23.8 Å². The Morgan fingerprint density at radius 2 is 1.85 bits per heavy atom. The lowest BCUT2D eigenvalue weighted by atomic mass is 10.1. The Morgan fingerprint density at radius 3 is 2.58 bits per heavy atom. The monoisotopic (exact) mass is 460 g/mol. The Balaban J connectivity index is 1.36. The van der Waals surface area contributed by atoms with Crippen LogP contribution in [0.25, 0.3) is 11.3 Å². The average Bonchev–Trinajstić information content (AvgIpc) is 3.33. The van der Waals surface area contributed by atoms with Crippen LogP contribution < -0.4 is 10.2 Å². The maximum Gasteiger partial charge on any atom is 0.289 e. The van der Waals surface area contributed by atoms with E-state index in [0.717, 1.165) is 16.9 Å². The van der Waals surface area contributed by atoms with Crippen LogP contribution in [0.2, 0.25) is 5.02 Å². The summed E-state index contributed by atoms with van der Waals surface area (Å²) in [5.41, 5.74) is 6.52. The number of H-pyrrole nitrogens is 1. The normalized spacial score (nSPS) is 11.3. The molecule has 0 fully saturated rings. The summed E-state index contributed by atoms with van der Waals surface area (Å²) in [6.45, 7) is 2.18. The van der Waals surface area contributed by atoms with Crippen LogP contribution in [0, 0.1) is 0 Å². The fourth-order valence-electron chi connectivity index (χ4n) is 3.05. The highest BCUT2D eigenvalue weighted by molar-refractivity contribution is 6.30. The van der Waals surface area contributed by atoms with Gasteiger partial charge in [-0.05, 0) is 67.1 Å². The molecule has 0 saturated heterocycles. The lowest BCUT2D eigenvalue weighted by molar-refractivity contribution is 0.0950. The number of carbonyl (C=O) groups is 1. The molecule has 0 bridgehead atoms. The number of benzene rings is 3. The fraction of sp³-hybridized carbons (Fsp3) is 0.0800. The number of amides is 1. The third-order valence-electron chi connectivity index (χ3n) is 4.88. The van der Waals surface area contributed by atoms with Crippen molar-refractivity contribution in [3.8, 4) is 22.8 Å². The van der Waals surface area contributed by atoms with Crippen molar-refractivity contribution in [2.24, 2.45) is 5.10 Å². The van der Waals surface area contributed by atoms with Crippen molar-refractivity contribution in [3.63, 3.8) is 0 Å². The first-order chi connectivity index (χ1) is 16.0. The summed E-state index contributed by atoms with van der Waals surface area (Å²) in [4.78, 5) is 12.4. The maximum atomic E-state index is 12.4. The van der Waals surface area contributed by atoms with Crippen molar-refractivity contribution in [1.82, 2.24) is 15.6 Å². The minimum Gasteiger partial charge on any atom is -0.508 e. The summed E-state index contributed by atoms with van der Waals surface area (Å²) in [7, 11) is 0. The minimum atomic E-state index is -0.420. The molecule has 3 aromatic carbocycles. The number of nitrogens with zero attached hydrogens (tertiary/aromatic N) is 2. The SMILES string of the molecule is C/C(=N/NC(=O)c1cc(-c2ccc(OCc3ccc(Cl)cc3)cc2)n[nH]1)c1cccc(O)c1. The number of nitrogens with one attached hydrogen (secondary N) is 2. The molecule has 166 valence electrons. The number of halogens is 1. The zero-order valence-electron chi connectivity index (χ0n) is 17.7. The largest absolute Gasteiger partial charge is 0.508 e. The van der Waals surface area contributed by atoms with Gasteiger partial charge in [0.05, 0.1) is 11.4 Å². The van der Waals surface area contributed by atoms with Gasteiger partial charge in [0.15, 0.2) is 0 Å². The van der Waals surface area contributed by atoms with Crippen LogP contribution in [0.1, 0.15) is 28.5 Å². The van der Waals surface area contributed by atoms with E-state index in [1.807, 2.05) is 48.5 Å². The number of aromatic nitrogens is 2. The lowest BCUT2D eigenvalue weighted by Crippen LogP contribution is -2.19. The van der Waals surface area contributed by atoms with Gasteiger partial charge in [0.2, 0.25) is 0 Å². The number of phenols is 1. The van der Waals surface area contributed by atoms with E-state index in [1.165, 1.54) is 0 Å². The highest BCUT2D eigenvalue weighted by Gasteiger charge is 2.11. The van der Waals surface area contributed by atoms with Crippen LogP contribution in [-0.2, 0) is 6.61 Å². The molecule has 0 unspecified atom stereocenters. The topological polar surface area (TPSA) is 99.6 Å². The van der Waals surface area contributed by atoms with Gasteiger partial charge in [-0.3, -0.25) is 9.89 Å². The Bertz CT molecular complexity index is 1280. The molecule has 0 atom stereocenters. The highest BCUT2D eigenvalue weighted by atomic mass is 35.5. The first-order valence-corrected chi connectivity index (χ1v) is 10.5. The first-order valence-electron chi connectivity index (χ1n) is 10.1. The second-order valence-corrected chi connectivity index (χ2v) is 7.73. The second-order valence-electron chi connectivity index (χ2n) is 7.29. The standard InChI is InChI=1S/C25H21ClN4O3/c1-16(19-3-2-4-21(31)13-19)27-30-25(32)24-14-23(28-29-24)18-7-11-22(12-8-18)33-15-17-5-9-20(26)10-6-17/h2-14,31H,15H2,1H3,(H,28,29)(H,30,32)/b27-16-.